The Morgan fingerprint density at radius 1 is 1.20 bits per heavy atom. The average molecular weight is 306 g/mol. The first-order valence-corrected chi connectivity index (χ1v) is 8.11. The number of hydrogen-bond acceptors (Lipinski definition) is 3. The molecule has 1 N–H and O–H groups in total. The molecule has 0 bridgehead atoms. The molecule has 1 aliphatic carbocycles. The summed E-state index contributed by atoms with van der Waals surface area (Å²) in [4.78, 5) is 8.93. The fraction of sp³-hybridized carbons (Fsp3) is 0.333. The van der Waals surface area contributed by atoms with E-state index < -0.39 is 0 Å². The predicted molar refractivity (Wildman–Crippen MR) is 82.0 cm³/mol. The molecule has 1 aromatic heterocycles. The summed E-state index contributed by atoms with van der Waals surface area (Å²) in [5.41, 5.74) is 2.48. The van der Waals surface area contributed by atoms with Crippen molar-refractivity contribution in [3.63, 3.8) is 0 Å². The Morgan fingerprint density at radius 3 is 2.75 bits per heavy atom. The van der Waals surface area contributed by atoms with Crippen molar-refractivity contribution in [2.45, 2.75) is 36.3 Å². The standard InChI is InChI=1S/C15H15FN2S2/c16-10-5-7-11(8-6-10)20-9-14-17-13-4-2-1-3-12(13)15(19)18-14/h5-8H,1-4,9H2,(H,17,18,19). The first-order chi connectivity index (χ1) is 9.72. The van der Waals surface area contributed by atoms with Crippen LogP contribution in [0.3, 0.4) is 0 Å². The minimum atomic E-state index is -0.208. The van der Waals surface area contributed by atoms with E-state index in [9.17, 15) is 4.39 Å². The monoisotopic (exact) mass is 306 g/mol. The third kappa shape index (κ3) is 3.10. The molecule has 2 aromatic rings. The molecule has 0 saturated heterocycles. The van der Waals surface area contributed by atoms with Crippen LogP contribution in [0.2, 0.25) is 0 Å². The largest absolute Gasteiger partial charge is 0.346 e. The van der Waals surface area contributed by atoms with Crippen molar-refractivity contribution in [3.05, 3.63) is 51.8 Å². The first-order valence-electron chi connectivity index (χ1n) is 6.72. The van der Waals surface area contributed by atoms with Crippen LogP contribution in [0.15, 0.2) is 29.2 Å². The van der Waals surface area contributed by atoms with E-state index in [-0.39, 0.29) is 5.82 Å². The van der Waals surface area contributed by atoms with Gasteiger partial charge in [0.2, 0.25) is 0 Å². The summed E-state index contributed by atoms with van der Waals surface area (Å²) in [7, 11) is 0. The lowest BCUT2D eigenvalue weighted by Gasteiger charge is -2.16. The lowest BCUT2D eigenvalue weighted by atomic mass is 9.97. The third-order valence-corrected chi connectivity index (χ3v) is 4.81. The van der Waals surface area contributed by atoms with Crippen LogP contribution in [0.4, 0.5) is 4.39 Å². The van der Waals surface area contributed by atoms with Crippen LogP contribution in [0, 0.1) is 10.5 Å². The van der Waals surface area contributed by atoms with Gasteiger partial charge in [0.25, 0.3) is 0 Å². The van der Waals surface area contributed by atoms with E-state index in [1.54, 1.807) is 23.9 Å². The smallest absolute Gasteiger partial charge is 0.133 e. The van der Waals surface area contributed by atoms with Gasteiger partial charge in [0, 0.05) is 16.2 Å². The van der Waals surface area contributed by atoms with E-state index in [1.807, 2.05) is 0 Å². The van der Waals surface area contributed by atoms with Crippen LogP contribution in [0.1, 0.15) is 29.9 Å². The quantitative estimate of drug-likeness (QED) is 0.671. The van der Waals surface area contributed by atoms with Crippen molar-refractivity contribution in [2.75, 3.05) is 0 Å². The summed E-state index contributed by atoms with van der Waals surface area (Å²) in [5, 5.41) is 0. The number of thioether (sulfide) groups is 1. The predicted octanol–water partition coefficient (Wildman–Crippen LogP) is 4.45. The fourth-order valence-corrected chi connectivity index (χ4v) is 3.53. The number of aromatic amines is 1. The van der Waals surface area contributed by atoms with Crippen molar-refractivity contribution >= 4 is 24.0 Å². The maximum atomic E-state index is 12.8. The minimum absolute atomic E-state index is 0.208. The molecule has 3 rings (SSSR count). The molecule has 0 saturated carbocycles. The van der Waals surface area contributed by atoms with Gasteiger partial charge in [-0.15, -0.1) is 11.8 Å². The zero-order valence-electron chi connectivity index (χ0n) is 11.0. The Morgan fingerprint density at radius 2 is 1.95 bits per heavy atom. The van der Waals surface area contributed by atoms with Gasteiger partial charge in [-0.3, -0.25) is 0 Å². The summed E-state index contributed by atoms with van der Waals surface area (Å²) in [6, 6.07) is 6.52. The Balaban J connectivity index is 1.76. The molecular formula is C15H15FN2S2. The first kappa shape index (κ1) is 13.8. The van der Waals surface area contributed by atoms with Crippen LogP contribution in [-0.4, -0.2) is 9.97 Å². The van der Waals surface area contributed by atoms with E-state index in [2.05, 4.69) is 9.97 Å². The van der Waals surface area contributed by atoms with Crippen LogP contribution in [-0.2, 0) is 18.6 Å². The molecule has 0 radical (unpaired) electrons. The molecule has 20 heavy (non-hydrogen) atoms. The van der Waals surface area contributed by atoms with Crippen LogP contribution in [0.25, 0.3) is 0 Å². The van der Waals surface area contributed by atoms with E-state index in [4.69, 9.17) is 12.2 Å². The zero-order chi connectivity index (χ0) is 13.9. The molecule has 0 fully saturated rings. The van der Waals surface area contributed by atoms with Gasteiger partial charge < -0.3 is 4.98 Å². The number of rotatable bonds is 3. The molecule has 1 aliphatic rings. The lowest BCUT2D eigenvalue weighted by molar-refractivity contribution is 0.626. The van der Waals surface area contributed by atoms with Gasteiger partial charge in [0.1, 0.15) is 16.3 Å². The summed E-state index contributed by atoms with van der Waals surface area (Å²) < 4.78 is 13.6. The van der Waals surface area contributed by atoms with Gasteiger partial charge in [-0.1, -0.05) is 12.2 Å². The fourth-order valence-electron chi connectivity index (χ4n) is 2.42. The topological polar surface area (TPSA) is 28.7 Å². The van der Waals surface area contributed by atoms with Crippen LogP contribution < -0.4 is 0 Å². The van der Waals surface area contributed by atoms with Gasteiger partial charge in [0.05, 0.1) is 5.75 Å². The molecule has 1 heterocycles. The van der Waals surface area contributed by atoms with Crippen molar-refractivity contribution in [2.24, 2.45) is 0 Å². The highest BCUT2D eigenvalue weighted by Crippen LogP contribution is 2.24. The van der Waals surface area contributed by atoms with E-state index >= 15 is 0 Å². The number of H-pyrrole nitrogens is 1. The average Bonchev–Trinajstić information content (AvgIpc) is 2.47. The molecule has 0 aliphatic heterocycles. The highest BCUT2D eigenvalue weighted by atomic mass is 32.2. The summed E-state index contributed by atoms with van der Waals surface area (Å²) >= 11 is 7.02. The molecule has 104 valence electrons. The molecule has 0 atom stereocenters. The van der Waals surface area contributed by atoms with Gasteiger partial charge in [0.15, 0.2) is 0 Å². The van der Waals surface area contributed by atoms with Crippen molar-refractivity contribution in [3.8, 4) is 0 Å². The summed E-state index contributed by atoms with van der Waals surface area (Å²) in [6.45, 7) is 0. The Bertz CT molecular complexity index is 665. The molecule has 5 heteroatoms. The second-order valence-electron chi connectivity index (χ2n) is 4.90. The van der Waals surface area contributed by atoms with E-state index in [0.29, 0.717) is 0 Å². The molecule has 0 amide bonds. The minimum Gasteiger partial charge on any atom is -0.346 e. The number of fused-ring (bicyclic) bond motifs is 1. The van der Waals surface area contributed by atoms with Gasteiger partial charge in [-0.2, -0.15) is 0 Å². The molecule has 2 nitrogen and oxygen atoms in total. The molecular weight excluding hydrogens is 291 g/mol. The molecule has 0 unspecified atom stereocenters. The number of halogens is 1. The number of aryl methyl sites for hydroxylation is 1. The molecule has 0 spiro atoms. The second kappa shape index (κ2) is 6.06. The van der Waals surface area contributed by atoms with Crippen molar-refractivity contribution < 1.29 is 4.39 Å². The van der Waals surface area contributed by atoms with Crippen LogP contribution in [0.5, 0.6) is 0 Å². The van der Waals surface area contributed by atoms with E-state index in [1.165, 1.54) is 36.2 Å². The van der Waals surface area contributed by atoms with Crippen LogP contribution >= 0.6 is 24.0 Å². The van der Waals surface area contributed by atoms with Crippen molar-refractivity contribution in [1.29, 1.82) is 0 Å². The number of nitrogens with one attached hydrogen (secondary N) is 1. The Labute approximate surface area is 126 Å². The summed E-state index contributed by atoms with van der Waals surface area (Å²) in [6.07, 6.45) is 4.53. The molecule has 1 aromatic carbocycles. The maximum absolute atomic E-state index is 12.8. The highest BCUT2D eigenvalue weighted by molar-refractivity contribution is 7.98. The Hall–Kier alpha value is -1.20. The normalized spacial score (nSPS) is 14.1. The number of nitrogens with zero attached hydrogens (tertiary/aromatic N) is 1. The Kier molecular flexibility index (Phi) is 4.17. The highest BCUT2D eigenvalue weighted by Gasteiger charge is 2.13. The summed E-state index contributed by atoms with van der Waals surface area (Å²) in [5.74, 6) is 1.42. The zero-order valence-corrected chi connectivity index (χ0v) is 12.6. The maximum Gasteiger partial charge on any atom is 0.133 e. The second-order valence-corrected chi connectivity index (χ2v) is 6.33. The van der Waals surface area contributed by atoms with Gasteiger partial charge in [-0.25, -0.2) is 9.37 Å². The number of aromatic nitrogens is 2. The van der Waals surface area contributed by atoms with Gasteiger partial charge in [-0.05, 0) is 49.9 Å². The van der Waals surface area contributed by atoms with Gasteiger partial charge >= 0.3 is 0 Å². The number of benzene rings is 1. The third-order valence-electron chi connectivity index (χ3n) is 3.45. The number of hydrogen-bond donors (Lipinski definition) is 1. The SMILES string of the molecule is Fc1ccc(SCc2nc(=S)c3c([nH]2)CCCC3)cc1. The lowest BCUT2D eigenvalue weighted by Crippen LogP contribution is -2.09. The van der Waals surface area contributed by atoms with E-state index in [0.717, 1.165) is 34.0 Å². The van der Waals surface area contributed by atoms with Crippen molar-refractivity contribution in [1.82, 2.24) is 9.97 Å².